The number of aryl methyl sites for hydroxylation is 1. The number of hydrogen-bond acceptors (Lipinski definition) is 4. The average molecular weight is 337 g/mol. The van der Waals surface area contributed by atoms with Crippen molar-refractivity contribution < 1.29 is 14.8 Å². The highest BCUT2D eigenvalue weighted by molar-refractivity contribution is 6.04. The van der Waals surface area contributed by atoms with Gasteiger partial charge in [-0.05, 0) is 61.1 Å². The summed E-state index contributed by atoms with van der Waals surface area (Å²) in [5.74, 6) is -0.375. The van der Waals surface area contributed by atoms with E-state index >= 15 is 0 Å². The van der Waals surface area contributed by atoms with E-state index in [1.807, 2.05) is 12.1 Å². The van der Waals surface area contributed by atoms with E-state index in [0.717, 1.165) is 31.4 Å². The van der Waals surface area contributed by atoms with Crippen molar-refractivity contribution in [2.45, 2.75) is 25.7 Å². The number of rotatable bonds is 2. The average Bonchev–Trinajstić information content (AvgIpc) is 3.00. The molecule has 2 aromatic rings. The van der Waals surface area contributed by atoms with E-state index < -0.39 is 5.91 Å². The van der Waals surface area contributed by atoms with Crippen LogP contribution in [0, 0.1) is 5.41 Å². The van der Waals surface area contributed by atoms with Gasteiger partial charge in [0, 0.05) is 24.5 Å². The third-order valence-corrected chi connectivity index (χ3v) is 5.33. The van der Waals surface area contributed by atoms with E-state index in [0.29, 0.717) is 22.7 Å². The standard InChI is InChI=1S/C19H19N3O3/c23-17(22(25)16-4-8-20-9-5-16)14-2-1-13-3-6-19(12-15(13)11-14)7-10-21-18(19)24/h1-2,4-5,8-9,11,25H,3,6-7,10,12H2,(H,21,24). The Morgan fingerprint density at radius 2 is 1.96 bits per heavy atom. The highest BCUT2D eigenvalue weighted by Crippen LogP contribution is 2.41. The van der Waals surface area contributed by atoms with Gasteiger partial charge in [-0.15, -0.1) is 0 Å². The highest BCUT2D eigenvalue weighted by Gasteiger charge is 2.44. The summed E-state index contributed by atoms with van der Waals surface area (Å²) in [5.41, 5.74) is 2.64. The van der Waals surface area contributed by atoms with Crippen molar-refractivity contribution in [3.63, 3.8) is 0 Å². The summed E-state index contributed by atoms with van der Waals surface area (Å²) in [6, 6.07) is 8.61. The van der Waals surface area contributed by atoms with Crippen molar-refractivity contribution in [2.24, 2.45) is 5.41 Å². The lowest BCUT2D eigenvalue weighted by Gasteiger charge is -2.32. The Labute approximate surface area is 145 Å². The molecule has 6 heteroatoms. The fraction of sp³-hybridized carbons (Fsp3) is 0.316. The summed E-state index contributed by atoms with van der Waals surface area (Å²) < 4.78 is 0. The molecule has 4 rings (SSSR count). The van der Waals surface area contributed by atoms with Crippen molar-refractivity contribution >= 4 is 17.5 Å². The second-order valence-electron chi connectivity index (χ2n) is 6.77. The first kappa shape index (κ1) is 15.8. The Morgan fingerprint density at radius 3 is 2.68 bits per heavy atom. The molecule has 6 nitrogen and oxygen atoms in total. The van der Waals surface area contributed by atoms with E-state index in [9.17, 15) is 14.8 Å². The molecule has 1 spiro atoms. The Kier molecular flexibility index (Phi) is 3.77. The second-order valence-corrected chi connectivity index (χ2v) is 6.77. The van der Waals surface area contributed by atoms with Gasteiger partial charge >= 0.3 is 0 Å². The van der Waals surface area contributed by atoms with Crippen LogP contribution in [0.15, 0.2) is 42.7 Å². The number of nitrogens with zero attached hydrogens (tertiary/aromatic N) is 2. The Balaban J connectivity index is 1.62. The number of amides is 2. The van der Waals surface area contributed by atoms with E-state index in [1.54, 1.807) is 18.2 Å². The van der Waals surface area contributed by atoms with Gasteiger partial charge in [0.2, 0.25) is 5.91 Å². The lowest BCUT2D eigenvalue weighted by molar-refractivity contribution is -0.128. The normalized spacial score (nSPS) is 21.7. The van der Waals surface area contributed by atoms with Crippen LogP contribution in [-0.4, -0.2) is 28.6 Å². The minimum Gasteiger partial charge on any atom is -0.356 e. The van der Waals surface area contributed by atoms with Crippen molar-refractivity contribution in [2.75, 3.05) is 11.6 Å². The van der Waals surface area contributed by atoms with E-state index in [2.05, 4.69) is 10.3 Å². The number of aromatic nitrogens is 1. The largest absolute Gasteiger partial charge is 0.356 e. The number of pyridine rings is 1. The molecule has 0 saturated carbocycles. The Hall–Kier alpha value is -2.73. The maximum atomic E-state index is 12.6. The molecule has 1 aromatic carbocycles. The molecule has 1 aliphatic heterocycles. The molecule has 1 atom stereocenters. The van der Waals surface area contributed by atoms with Crippen molar-refractivity contribution in [3.05, 3.63) is 59.4 Å². The van der Waals surface area contributed by atoms with Crippen LogP contribution in [0.3, 0.4) is 0 Å². The molecule has 2 N–H and O–H groups in total. The molecular weight excluding hydrogens is 318 g/mol. The van der Waals surface area contributed by atoms with Crippen molar-refractivity contribution in [3.8, 4) is 0 Å². The maximum absolute atomic E-state index is 12.6. The summed E-state index contributed by atoms with van der Waals surface area (Å²) in [4.78, 5) is 28.7. The molecule has 1 fully saturated rings. The van der Waals surface area contributed by atoms with Crippen molar-refractivity contribution in [1.82, 2.24) is 10.3 Å². The van der Waals surface area contributed by atoms with Crippen LogP contribution in [-0.2, 0) is 17.6 Å². The predicted octanol–water partition coefficient (Wildman–Crippen LogP) is 2.11. The van der Waals surface area contributed by atoms with E-state index in [1.165, 1.54) is 18.0 Å². The molecule has 1 saturated heterocycles. The summed E-state index contributed by atoms with van der Waals surface area (Å²) in [6.07, 6.45) is 6.21. The van der Waals surface area contributed by atoms with Crippen LogP contribution < -0.4 is 10.4 Å². The monoisotopic (exact) mass is 337 g/mol. The Morgan fingerprint density at radius 1 is 1.16 bits per heavy atom. The predicted molar refractivity (Wildman–Crippen MR) is 91.4 cm³/mol. The molecule has 1 aromatic heterocycles. The van der Waals surface area contributed by atoms with Crippen LogP contribution in [0.5, 0.6) is 0 Å². The molecular formula is C19H19N3O3. The molecule has 2 aliphatic rings. The zero-order valence-corrected chi connectivity index (χ0v) is 13.7. The molecule has 2 amide bonds. The quantitative estimate of drug-likeness (QED) is 0.649. The third kappa shape index (κ3) is 2.68. The van der Waals surface area contributed by atoms with Crippen LogP contribution in [0.1, 0.15) is 34.3 Å². The summed E-state index contributed by atoms with van der Waals surface area (Å²) in [6.45, 7) is 0.721. The summed E-state index contributed by atoms with van der Waals surface area (Å²) in [5, 5.41) is 13.7. The van der Waals surface area contributed by atoms with Gasteiger partial charge in [0.05, 0.1) is 11.1 Å². The van der Waals surface area contributed by atoms with Gasteiger partial charge in [-0.1, -0.05) is 6.07 Å². The smallest absolute Gasteiger partial charge is 0.281 e. The Bertz CT molecular complexity index is 837. The van der Waals surface area contributed by atoms with Crippen LogP contribution in [0.25, 0.3) is 0 Å². The zero-order valence-electron chi connectivity index (χ0n) is 13.7. The highest BCUT2D eigenvalue weighted by atomic mass is 16.5. The molecule has 1 unspecified atom stereocenters. The topological polar surface area (TPSA) is 82.5 Å². The number of carbonyl (C=O) groups is 2. The number of fused-ring (bicyclic) bond motifs is 1. The minimum absolute atomic E-state index is 0.121. The molecule has 0 radical (unpaired) electrons. The third-order valence-electron chi connectivity index (χ3n) is 5.33. The van der Waals surface area contributed by atoms with Gasteiger partial charge in [-0.25, -0.2) is 0 Å². The van der Waals surface area contributed by atoms with Gasteiger partial charge in [0.25, 0.3) is 5.91 Å². The lowest BCUT2D eigenvalue weighted by atomic mass is 9.70. The van der Waals surface area contributed by atoms with Gasteiger partial charge in [0.1, 0.15) is 0 Å². The van der Waals surface area contributed by atoms with E-state index in [4.69, 9.17) is 0 Å². The fourth-order valence-corrected chi connectivity index (χ4v) is 3.84. The number of benzene rings is 1. The summed E-state index contributed by atoms with van der Waals surface area (Å²) in [7, 11) is 0. The number of carbonyl (C=O) groups excluding carboxylic acids is 2. The first-order valence-corrected chi connectivity index (χ1v) is 8.43. The second kappa shape index (κ2) is 5.97. The molecule has 2 heterocycles. The fourth-order valence-electron chi connectivity index (χ4n) is 3.84. The first-order valence-electron chi connectivity index (χ1n) is 8.43. The molecule has 25 heavy (non-hydrogen) atoms. The van der Waals surface area contributed by atoms with Crippen molar-refractivity contribution in [1.29, 1.82) is 0 Å². The van der Waals surface area contributed by atoms with Gasteiger partial charge in [-0.2, -0.15) is 5.06 Å². The number of anilines is 1. The van der Waals surface area contributed by atoms with Gasteiger partial charge in [-0.3, -0.25) is 19.8 Å². The van der Waals surface area contributed by atoms with Crippen LogP contribution >= 0.6 is 0 Å². The maximum Gasteiger partial charge on any atom is 0.281 e. The SMILES string of the molecule is O=C(c1ccc2c(c1)CC1(CCNC1=O)CC2)N(O)c1ccncc1. The molecule has 128 valence electrons. The molecule has 1 aliphatic carbocycles. The van der Waals surface area contributed by atoms with E-state index in [-0.39, 0.29) is 11.3 Å². The van der Waals surface area contributed by atoms with Crippen LogP contribution in [0.2, 0.25) is 0 Å². The number of hydrogen-bond donors (Lipinski definition) is 2. The lowest BCUT2D eigenvalue weighted by Crippen LogP contribution is -2.36. The minimum atomic E-state index is -0.496. The zero-order chi connectivity index (χ0) is 17.4. The van der Waals surface area contributed by atoms with Crippen LogP contribution in [0.4, 0.5) is 5.69 Å². The summed E-state index contributed by atoms with van der Waals surface area (Å²) >= 11 is 0. The van der Waals surface area contributed by atoms with Gasteiger partial charge in [0.15, 0.2) is 0 Å². The van der Waals surface area contributed by atoms with Gasteiger partial charge < -0.3 is 5.32 Å². The number of hydroxylamine groups is 1. The first-order chi connectivity index (χ1) is 12.1. The molecule has 0 bridgehead atoms. The number of nitrogens with one attached hydrogen (secondary N) is 1.